The summed E-state index contributed by atoms with van der Waals surface area (Å²) in [5.74, 6) is -1.13. The van der Waals surface area contributed by atoms with Gasteiger partial charge < -0.3 is 15.8 Å². The molecule has 0 aliphatic heterocycles. The second-order valence-electron chi connectivity index (χ2n) is 3.22. The highest BCUT2D eigenvalue weighted by Crippen LogP contribution is 2.28. The number of hydrogen-bond acceptors (Lipinski definition) is 6. The summed E-state index contributed by atoms with van der Waals surface area (Å²) in [5.41, 5.74) is 5.39. The number of rotatable bonds is 3. The van der Waals surface area contributed by atoms with Crippen LogP contribution in [0.4, 0.5) is 5.69 Å². The van der Waals surface area contributed by atoms with Gasteiger partial charge in [0, 0.05) is 18.5 Å². The Kier molecular flexibility index (Phi) is 3.28. The fourth-order valence-electron chi connectivity index (χ4n) is 1.22. The lowest BCUT2D eigenvalue weighted by Crippen LogP contribution is -2.07. The molecular formula is C10H8N4O3S. The maximum Gasteiger partial charge on any atom is 0.337 e. The smallest absolute Gasteiger partial charge is 0.337 e. The lowest BCUT2D eigenvalue weighted by molar-refractivity contribution is 0.0697. The molecule has 18 heavy (non-hydrogen) atoms. The molecule has 92 valence electrons. The molecule has 4 N–H and O–H groups in total. The number of carboxylic acids is 1. The number of carboxylic acid groups (broad SMARTS) is 1. The van der Waals surface area contributed by atoms with E-state index in [-0.39, 0.29) is 21.8 Å². The number of anilines is 1. The zero-order valence-corrected chi connectivity index (χ0v) is 9.77. The van der Waals surface area contributed by atoms with E-state index in [1.165, 1.54) is 24.5 Å². The van der Waals surface area contributed by atoms with Gasteiger partial charge in [-0.05, 0) is 17.8 Å². The monoisotopic (exact) mass is 264 g/mol. The summed E-state index contributed by atoms with van der Waals surface area (Å²) >= 11 is 0.994. The second kappa shape index (κ2) is 4.88. The Morgan fingerprint density at radius 3 is 2.72 bits per heavy atom. The van der Waals surface area contributed by atoms with E-state index in [2.05, 4.69) is 15.0 Å². The number of carbonyl (C=O) groups is 1. The molecule has 0 aromatic carbocycles. The van der Waals surface area contributed by atoms with Gasteiger partial charge in [0.2, 0.25) is 0 Å². The quantitative estimate of drug-likeness (QED) is 0.693. The molecular weight excluding hydrogens is 256 g/mol. The van der Waals surface area contributed by atoms with Gasteiger partial charge in [-0.15, -0.1) is 0 Å². The van der Waals surface area contributed by atoms with Gasteiger partial charge in [0.25, 0.3) is 5.56 Å². The Hall–Kier alpha value is -2.35. The molecule has 2 heterocycles. The molecule has 0 atom stereocenters. The molecule has 2 aromatic rings. The molecule has 0 saturated carbocycles. The molecule has 0 aliphatic carbocycles. The molecule has 8 heteroatoms. The van der Waals surface area contributed by atoms with Gasteiger partial charge in [-0.25, -0.2) is 14.8 Å². The maximum absolute atomic E-state index is 11.1. The van der Waals surface area contributed by atoms with Crippen LogP contribution in [0.2, 0.25) is 0 Å². The van der Waals surface area contributed by atoms with Crippen molar-refractivity contribution < 1.29 is 9.90 Å². The Morgan fingerprint density at radius 1 is 1.33 bits per heavy atom. The van der Waals surface area contributed by atoms with Gasteiger partial charge in [0.15, 0.2) is 5.16 Å². The van der Waals surface area contributed by atoms with Gasteiger partial charge in [0.05, 0.1) is 11.3 Å². The van der Waals surface area contributed by atoms with Crippen LogP contribution < -0.4 is 11.3 Å². The molecule has 0 amide bonds. The fraction of sp³-hybridized carbons (Fsp3) is 0. The van der Waals surface area contributed by atoms with E-state index in [0.29, 0.717) is 5.16 Å². The SMILES string of the molecule is Nc1c(C(=O)O)ccnc1Sc1nccc(=O)[nH]1. The van der Waals surface area contributed by atoms with Gasteiger partial charge in [-0.2, -0.15) is 0 Å². The van der Waals surface area contributed by atoms with Crippen molar-refractivity contribution >= 4 is 23.4 Å². The van der Waals surface area contributed by atoms with E-state index in [1.807, 2.05) is 0 Å². The van der Waals surface area contributed by atoms with Crippen LogP contribution in [-0.2, 0) is 0 Å². The Morgan fingerprint density at radius 2 is 2.06 bits per heavy atom. The number of aromatic carboxylic acids is 1. The molecule has 0 aliphatic rings. The standard InChI is InChI=1S/C10H8N4O3S/c11-7-5(9(16)17)1-3-12-8(7)18-10-13-4-2-6(15)14-10/h1-4H,11H2,(H,16,17)(H,13,14,15). The number of hydrogen-bond donors (Lipinski definition) is 3. The fourth-order valence-corrected chi connectivity index (χ4v) is 2.00. The van der Waals surface area contributed by atoms with Crippen LogP contribution in [0.1, 0.15) is 10.4 Å². The van der Waals surface area contributed by atoms with E-state index in [4.69, 9.17) is 10.8 Å². The molecule has 0 spiro atoms. The molecule has 0 saturated heterocycles. The lowest BCUT2D eigenvalue weighted by atomic mass is 10.2. The van der Waals surface area contributed by atoms with Crippen LogP contribution in [0.5, 0.6) is 0 Å². The van der Waals surface area contributed by atoms with Crippen molar-refractivity contribution in [3.8, 4) is 0 Å². The third-order valence-electron chi connectivity index (χ3n) is 2.03. The molecule has 0 fully saturated rings. The van der Waals surface area contributed by atoms with E-state index in [1.54, 1.807) is 0 Å². The summed E-state index contributed by atoms with van der Waals surface area (Å²) in [5, 5.41) is 9.49. The first-order chi connectivity index (χ1) is 8.58. The Bertz CT molecular complexity index is 656. The van der Waals surface area contributed by atoms with Crippen molar-refractivity contribution in [2.24, 2.45) is 0 Å². The number of aromatic amines is 1. The van der Waals surface area contributed by atoms with Crippen molar-refractivity contribution in [2.75, 3.05) is 5.73 Å². The second-order valence-corrected chi connectivity index (χ2v) is 4.20. The minimum absolute atomic E-state index is 0.0363. The molecule has 2 rings (SSSR count). The molecule has 0 bridgehead atoms. The number of H-pyrrole nitrogens is 1. The van der Waals surface area contributed by atoms with Gasteiger partial charge in [0.1, 0.15) is 5.03 Å². The van der Waals surface area contributed by atoms with Crippen molar-refractivity contribution in [2.45, 2.75) is 10.2 Å². The highest BCUT2D eigenvalue weighted by Gasteiger charge is 2.13. The predicted molar refractivity (Wildman–Crippen MR) is 64.6 cm³/mol. The largest absolute Gasteiger partial charge is 0.478 e. The summed E-state index contributed by atoms with van der Waals surface area (Å²) in [4.78, 5) is 32.3. The van der Waals surface area contributed by atoms with E-state index < -0.39 is 5.97 Å². The first kappa shape index (κ1) is 12.1. The van der Waals surface area contributed by atoms with E-state index >= 15 is 0 Å². The summed E-state index contributed by atoms with van der Waals surface area (Å²) in [6.45, 7) is 0. The number of pyridine rings is 1. The number of nitrogens with zero attached hydrogens (tertiary/aromatic N) is 2. The maximum atomic E-state index is 11.1. The molecule has 0 radical (unpaired) electrons. The minimum Gasteiger partial charge on any atom is -0.478 e. The molecule has 0 unspecified atom stereocenters. The average Bonchev–Trinajstić information content (AvgIpc) is 2.31. The first-order valence-electron chi connectivity index (χ1n) is 4.79. The van der Waals surface area contributed by atoms with E-state index in [9.17, 15) is 9.59 Å². The van der Waals surface area contributed by atoms with Crippen LogP contribution in [0.3, 0.4) is 0 Å². The highest BCUT2D eigenvalue weighted by atomic mass is 32.2. The lowest BCUT2D eigenvalue weighted by Gasteiger charge is -2.05. The van der Waals surface area contributed by atoms with Gasteiger partial charge >= 0.3 is 5.97 Å². The third-order valence-corrected chi connectivity index (χ3v) is 2.94. The molecule has 2 aromatic heterocycles. The van der Waals surface area contributed by atoms with Crippen molar-refractivity contribution in [3.63, 3.8) is 0 Å². The topological polar surface area (TPSA) is 122 Å². The summed E-state index contributed by atoms with van der Waals surface area (Å²) in [7, 11) is 0. The normalized spacial score (nSPS) is 10.2. The average molecular weight is 264 g/mol. The minimum atomic E-state index is -1.13. The van der Waals surface area contributed by atoms with Gasteiger partial charge in [-0.3, -0.25) is 4.79 Å². The van der Waals surface area contributed by atoms with Crippen LogP contribution in [0.15, 0.2) is 39.5 Å². The number of nitrogens with one attached hydrogen (secondary N) is 1. The molecule has 7 nitrogen and oxygen atoms in total. The van der Waals surface area contributed by atoms with Gasteiger partial charge in [-0.1, -0.05) is 0 Å². The zero-order valence-electron chi connectivity index (χ0n) is 8.95. The van der Waals surface area contributed by atoms with Crippen LogP contribution in [-0.4, -0.2) is 26.0 Å². The van der Waals surface area contributed by atoms with Crippen molar-refractivity contribution in [1.82, 2.24) is 15.0 Å². The van der Waals surface area contributed by atoms with Crippen LogP contribution in [0, 0.1) is 0 Å². The van der Waals surface area contributed by atoms with Crippen LogP contribution >= 0.6 is 11.8 Å². The summed E-state index contributed by atoms with van der Waals surface area (Å²) < 4.78 is 0. The van der Waals surface area contributed by atoms with Crippen molar-refractivity contribution in [3.05, 3.63) is 40.4 Å². The number of nitrogens with two attached hydrogens (primary N) is 1. The number of aromatic nitrogens is 3. The predicted octanol–water partition coefficient (Wildman–Crippen LogP) is 0.596. The summed E-state index contributed by atoms with van der Waals surface area (Å²) in [6, 6.07) is 2.58. The number of nitrogen functional groups attached to an aromatic ring is 1. The van der Waals surface area contributed by atoms with Crippen molar-refractivity contribution in [1.29, 1.82) is 0 Å². The van der Waals surface area contributed by atoms with E-state index in [0.717, 1.165) is 11.8 Å². The summed E-state index contributed by atoms with van der Waals surface area (Å²) in [6.07, 6.45) is 2.68. The van der Waals surface area contributed by atoms with Crippen LogP contribution in [0.25, 0.3) is 0 Å². The zero-order chi connectivity index (χ0) is 13.1. The Labute approximate surface area is 105 Å². The first-order valence-corrected chi connectivity index (χ1v) is 5.60. The third kappa shape index (κ3) is 2.48. The highest BCUT2D eigenvalue weighted by molar-refractivity contribution is 7.99. The Balaban J connectivity index is 2.38.